The lowest BCUT2D eigenvalue weighted by Gasteiger charge is -2.44. The highest BCUT2D eigenvalue weighted by molar-refractivity contribution is 6.07. The number of amides is 1. The molecule has 0 atom stereocenters. The van der Waals surface area contributed by atoms with Crippen molar-refractivity contribution in [3.63, 3.8) is 0 Å². The normalized spacial score (nSPS) is 33.3. The van der Waals surface area contributed by atoms with Crippen LogP contribution in [0.1, 0.15) is 58.8 Å². The summed E-state index contributed by atoms with van der Waals surface area (Å²) in [5.41, 5.74) is 5.18. The van der Waals surface area contributed by atoms with E-state index in [4.69, 9.17) is 10.9 Å². The SMILES string of the molecule is CC1CC(C(=O)NCC2(C)CCCCC2)(C(N)=NO)C1. The smallest absolute Gasteiger partial charge is 0.233 e. The molecule has 0 saturated heterocycles. The third-order valence-corrected chi connectivity index (χ3v) is 5.16. The van der Waals surface area contributed by atoms with E-state index in [1.165, 1.54) is 32.1 Å². The highest BCUT2D eigenvalue weighted by Gasteiger charge is 2.52. The van der Waals surface area contributed by atoms with Gasteiger partial charge in [0.1, 0.15) is 5.41 Å². The van der Waals surface area contributed by atoms with Gasteiger partial charge < -0.3 is 16.3 Å². The van der Waals surface area contributed by atoms with Gasteiger partial charge in [-0.3, -0.25) is 4.79 Å². The van der Waals surface area contributed by atoms with Gasteiger partial charge in [-0.15, -0.1) is 0 Å². The van der Waals surface area contributed by atoms with Crippen LogP contribution >= 0.6 is 0 Å². The lowest BCUT2D eigenvalue weighted by molar-refractivity contribution is -0.133. The van der Waals surface area contributed by atoms with Crippen LogP contribution in [0.5, 0.6) is 0 Å². The van der Waals surface area contributed by atoms with Crippen LogP contribution < -0.4 is 11.1 Å². The summed E-state index contributed by atoms with van der Waals surface area (Å²) in [6.07, 6.45) is 7.47. The van der Waals surface area contributed by atoms with Crippen LogP contribution in [0.3, 0.4) is 0 Å². The quantitative estimate of drug-likeness (QED) is 0.319. The van der Waals surface area contributed by atoms with Gasteiger partial charge in [0.2, 0.25) is 5.91 Å². The van der Waals surface area contributed by atoms with E-state index in [0.29, 0.717) is 25.3 Å². The summed E-state index contributed by atoms with van der Waals surface area (Å²) < 4.78 is 0. The van der Waals surface area contributed by atoms with E-state index < -0.39 is 5.41 Å². The second-order valence-corrected chi connectivity index (χ2v) is 7.13. The average Bonchev–Trinajstić information content (AvgIpc) is 2.41. The molecule has 0 radical (unpaired) electrons. The van der Waals surface area contributed by atoms with Gasteiger partial charge in [0.25, 0.3) is 0 Å². The van der Waals surface area contributed by atoms with Gasteiger partial charge in [0.15, 0.2) is 5.84 Å². The van der Waals surface area contributed by atoms with Gasteiger partial charge in [-0.1, -0.05) is 38.3 Å². The summed E-state index contributed by atoms with van der Waals surface area (Å²) in [5.74, 6) is 0.436. The molecule has 0 heterocycles. The molecule has 0 aromatic rings. The van der Waals surface area contributed by atoms with E-state index in [1.54, 1.807) is 0 Å². The summed E-state index contributed by atoms with van der Waals surface area (Å²) in [4.78, 5) is 12.5. The molecule has 2 rings (SSSR count). The Morgan fingerprint density at radius 3 is 2.45 bits per heavy atom. The zero-order valence-electron chi connectivity index (χ0n) is 12.6. The molecule has 1 amide bonds. The maximum Gasteiger partial charge on any atom is 0.233 e. The van der Waals surface area contributed by atoms with Crippen LogP contribution in [0.25, 0.3) is 0 Å². The third kappa shape index (κ3) is 2.76. The van der Waals surface area contributed by atoms with Crippen LogP contribution in [-0.4, -0.2) is 23.5 Å². The Kier molecular flexibility index (Phi) is 4.25. The fourth-order valence-electron chi connectivity index (χ4n) is 3.78. The minimum atomic E-state index is -0.779. The van der Waals surface area contributed by atoms with Crippen molar-refractivity contribution in [1.29, 1.82) is 0 Å². The maximum absolute atomic E-state index is 12.5. The second-order valence-electron chi connectivity index (χ2n) is 7.13. The lowest BCUT2D eigenvalue weighted by Crippen LogP contribution is -2.57. The first-order valence-corrected chi connectivity index (χ1v) is 7.68. The molecular formula is C15H27N3O2. The number of hydrogen-bond donors (Lipinski definition) is 3. The van der Waals surface area contributed by atoms with Crippen LogP contribution in [0, 0.1) is 16.7 Å². The van der Waals surface area contributed by atoms with Crippen molar-refractivity contribution in [2.45, 2.75) is 58.8 Å². The largest absolute Gasteiger partial charge is 0.409 e. The maximum atomic E-state index is 12.5. The fourth-order valence-corrected chi connectivity index (χ4v) is 3.78. The number of nitrogens with one attached hydrogen (secondary N) is 1. The van der Waals surface area contributed by atoms with Gasteiger partial charge in [0.05, 0.1) is 0 Å². The lowest BCUT2D eigenvalue weighted by atomic mass is 9.61. The molecule has 0 bridgehead atoms. The van der Waals surface area contributed by atoms with E-state index in [9.17, 15) is 4.79 Å². The number of nitrogens with zero attached hydrogens (tertiary/aromatic N) is 1. The van der Waals surface area contributed by atoms with E-state index in [-0.39, 0.29) is 17.2 Å². The summed E-state index contributed by atoms with van der Waals surface area (Å²) >= 11 is 0. The molecule has 2 fully saturated rings. The number of hydrogen-bond acceptors (Lipinski definition) is 3. The van der Waals surface area contributed by atoms with Crippen molar-refractivity contribution >= 4 is 11.7 Å². The van der Waals surface area contributed by atoms with Crippen LogP contribution in [-0.2, 0) is 4.79 Å². The highest BCUT2D eigenvalue weighted by atomic mass is 16.4. The van der Waals surface area contributed by atoms with Crippen molar-refractivity contribution < 1.29 is 10.0 Å². The molecule has 20 heavy (non-hydrogen) atoms. The van der Waals surface area contributed by atoms with Crippen LogP contribution in [0.15, 0.2) is 5.16 Å². The summed E-state index contributed by atoms with van der Waals surface area (Å²) in [5, 5.41) is 15.1. The van der Waals surface area contributed by atoms with Gasteiger partial charge in [-0.05, 0) is 37.0 Å². The molecule has 0 spiro atoms. The van der Waals surface area contributed by atoms with Crippen molar-refractivity contribution in [2.24, 2.45) is 27.6 Å². The van der Waals surface area contributed by atoms with Gasteiger partial charge in [-0.25, -0.2) is 0 Å². The molecule has 0 aliphatic heterocycles. The van der Waals surface area contributed by atoms with Crippen molar-refractivity contribution in [3.8, 4) is 0 Å². The molecule has 0 unspecified atom stereocenters. The Labute approximate surface area is 121 Å². The molecular weight excluding hydrogens is 254 g/mol. The van der Waals surface area contributed by atoms with E-state index in [0.717, 1.165) is 0 Å². The molecule has 2 aliphatic rings. The number of amidine groups is 1. The Bertz CT molecular complexity index is 394. The zero-order chi connectivity index (χ0) is 14.8. The summed E-state index contributed by atoms with van der Waals surface area (Å²) in [7, 11) is 0. The molecule has 2 saturated carbocycles. The van der Waals surface area contributed by atoms with Gasteiger partial charge >= 0.3 is 0 Å². The zero-order valence-corrected chi connectivity index (χ0v) is 12.6. The van der Waals surface area contributed by atoms with Crippen molar-refractivity contribution in [2.75, 3.05) is 6.54 Å². The highest BCUT2D eigenvalue weighted by Crippen LogP contribution is 2.46. The minimum absolute atomic E-state index is 0.0573. The fraction of sp³-hybridized carbons (Fsp3) is 0.867. The molecule has 4 N–H and O–H groups in total. The first-order valence-electron chi connectivity index (χ1n) is 7.68. The predicted molar refractivity (Wildman–Crippen MR) is 78.4 cm³/mol. The summed E-state index contributed by atoms with van der Waals surface area (Å²) in [6.45, 7) is 5.02. The van der Waals surface area contributed by atoms with Crippen LogP contribution in [0.2, 0.25) is 0 Å². The molecule has 0 aromatic heterocycles. The van der Waals surface area contributed by atoms with E-state index in [1.807, 2.05) is 0 Å². The third-order valence-electron chi connectivity index (χ3n) is 5.16. The number of rotatable bonds is 4. The Hall–Kier alpha value is -1.26. The Morgan fingerprint density at radius 1 is 1.35 bits per heavy atom. The molecule has 5 heteroatoms. The monoisotopic (exact) mass is 281 g/mol. The van der Waals surface area contributed by atoms with Crippen LogP contribution in [0.4, 0.5) is 0 Å². The molecule has 2 aliphatic carbocycles. The second kappa shape index (κ2) is 5.62. The number of carbonyl (C=O) groups is 1. The van der Waals surface area contributed by atoms with Gasteiger partial charge in [-0.2, -0.15) is 0 Å². The first kappa shape index (κ1) is 15.1. The number of carbonyl (C=O) groups excluding carboxylic acids is 1. The Morgan fingerprint density at radius 2 is 1.95 bits per heavy atom. The van der Waals surface area contributed by atoms with E-state index in [2.05, 4.69) is 24.3 Å². The van der Waals surface area contributed by atoms with Crippen molar-refractivity contribution in [3.05, 3.63) is 0 Å². The topological polar surface area (TPSA) is 87.7 Å². The molecule has 5 nitrogen and oxygen atoms in total. The van der Waals surface area contributed by atoms with Gasteiger partial charge in [0, 0.05) is 6.54 Å². The predicted octanol–water partition coefficient (Wildman–Crippen LogP) is 2.24. The number of nitrogens with two attached hydrogens (primary N) is 1. The molecule has 114 valence electrons. The van der Waals surface area contributed by atoms with E-state index >= 15 is 0 Å². The minimum Gasteiger partial charge on any atom is -0.409 e. The molecule has 0 aromatic carbocycles. The average molecular weight is 281 g/mol. The first-order chi connectivity index (χ1) is 9.42. The Balaban J connectivity index is 1.96. The summed E-state index contributed by atoms with van der Waals surface area (Å²) in [6, 6.07) is 0. The number of oxime groups is 1. The standard InChI is InChI=1S/C15H27N3O2/c1-11-8-15(9-11,12(16)18-20)13(19)17-10-14(2)6-4-3-5-7-14/h11,20H,3-10H2,1-2H3,(H2,16,18)(H,17,19). The van der Waals surface area contributed by atoms with Crippen molar-refractivity contribution in [1.82, 2.24) is 5.32 Å².